The van der Waals surface area contributed by atoms with Gasteiger partial charge in [-0.25, -0.2) is 0 Å². The zero-order valence-electron chi connectivity index (χ0n) is 15.2. The summed E-state index contributed by atoms with van der Waals surface area (Å²) >= 11 is 0. The predicted octanol–water partition coefficient (Wildman–Crippen LogP) is 2.57. The molecule has 0 aromatic carbocycles. The second kappa shape index (κ2) is 8.45. The fraction of sp³-hybridized carbons (Fsp3) is 0.650. The molecular formula is C20H29N3O2. The van der Waals surface area contributed by atoms with E-state index < -0.39 is 0 Å². The van der Waals surface area contributed by atoms with Gasteiger partial charge < -0.3 is 9.80 Å². The maximum absolute atomic E-state index is 12.5. The molecule has 1 saturated heterocycles. The minimum atomic E-state index is 0.130. The first kappa shape index (κ1) is 17.9. The van der Waals surface area contributed by atoms with Crippen molar-refractivity contribution in [1.29, 1.82) is 0 Å². The molecule has 136 valence electrons. The van der Waals surface area contributed by atoms with Gasteiger partial charge in [-0.05, 0) is 37.3 Å². The third-order valence-electron chi connectivity index (χ3n) is 5.50. The molecule has 1 saturated carbocycles. The quantitative estimate of drug-likeness (QED) is 0.844. The van der Waals surface area contributed by atoms with Crippen LogP contribution < -0.4 is 0 Å². The number of hydrogen-bond donors (Lipinski definition) is 0. The summed E-state index contributed by atoms with van der Waals surface area (Å²) in [4.78, 5) is 33.0. The first-order valence-corrected chi connectivity index (χ1v) is 9.59. The van der Waals surface area contributed by atoms with Crippen LogP contribution in [-0.4, -0.2) is 52.8 Å². The fourth-order valence-electron chi connectivity index (χ4n) is 3.86. The van der Waals surface area contributed by atoms with Crippen LogP contribution in [-0.2, 0) is 16.0 Å². The Morgan fingerprint density at radius 3 is 2.24 bits per heavy atom. The number of carbonyl (C=O) groups is 2. The molecule has 1 aliphatic heterocycles. The summed E-state index contributed by atoms with van der Waals surface area (Å²) in [6.45, 7) is 4.57. The molecule has 5 heteroatoms. The normalized spacial score (nSPS) is 19.1. The average Bonchev–Trinajstić information content (AvgIpc) is 2.64. The lowest BCUT2D eigenvalue weighted by atomic mass is 9.86. The Hall–Kier alpha value is -1.91. The van der Waals surface area contributed by atoms with E-state index >= 15 is 0 Å². The van der Waals surface area contributed by atoms with Crippen molar-refractivity contribution in [3.05, 3.63) is 29.6 Å². The van der Waals surface area contributed by atoms with Gasteiger partial charge in [-0.1, -0.05) is 25.3 Å². The van der Waals surface area contributed by atoms with Gasteiger partial charge in [-0.2, -0.15) is 0 Å². The summed E-state index contributed by atoms with van der Waals surface area (Å²) in [5.41, 5.74) is 1.91. The molecule has 2 aliphatic rings. The summed E-state index contributed by atoms with van der Waals surface area (Å²) in [5.74, 6) is 0.988. The molecule has 0 unspecified atom stereocenters. The van der Waals surface area contributed by atoms with Gasteiger partial charge in [0, 0.05) is 44.5 Å². The number of piperazine rings is 1. The predicted molar refractivity (Wildman–Crippen MR) is 97.0 cm³/mol. The van der Waals surface area contributed by atoms with Crippen molar-refractivity contribution in [2.45, 2.75) is 51.9 Å². The van der Waals surface area contributed by atoms with E-state index in [-0.39, 0.29) is 11.8 Å². The highest BCUT2D eigenvalue weighted by molar-refractivity contribution is 5.80. The van der Waals surface area contributed by atoms with Crippen molar-refractivity contribution < 1.29 is 9.59 Å². The van der Waals surface area contributed by atoms with E-state index in [0.717, 1.165) is 11.3 Å². The first-order chi connectivity index (χ1) is 12.1. The molecule has 0 radical (unpaired) electrons. The Morgan fingerprint density at radius 1 is 1.00 bits per heavy atom. The van der Waals surface area contributed by atoms with Crippen LogP contribution in [0.2, 0.25) is 0 Å². The Labute approximate surface area is 150 Å². The van der Waals surface area contributed by atoms with Gasteiger partial charge in [0.1, 0.15) is 0 Å². The number of aryl methyl sites for hydroxylation is 1. The Bertz CT molecular complexity index is 585. The molecule has 1 aromatic rings. The molecule has 0 N–H and O–H groups in total. The largest absolute Gasteiger partial charge is 0.339 e. The first-order valence-electron chi connectivity index (χ1n) is 9.59. The van der Waals surface area contributed by atoms with Gasteiger partial charge in [-0.3, -0.25) is 14.6 Å². The average molecular weight is 343 g/mol. The Morgan fingerprint density at radius 2 is 1.64 bits per heavy atom. The fourth-order valence-corrected chi connectivity index (χ4v) is 3.86. The zero-order chi connectivity index (χ0) is 17.6. The second-order valence-electron chi connectivity index (χ2n) is 7.45. The van der Waals surface area contributed by atoms with Gasteiger partial charge in [0.05, 0.1) is 6.42 Å². The van der Waals surface area contributed by atoms with Crippen molar-refractivity contribution in [1.82, 2.24) is 14.8 Å². The molecule has 2 amide bonds. The molecule has 5 nitrogen and oxygen atoms in total. The number of amides is 2. The van der Waals surface area contributed by atoms with Crippen LogP contribution in [0.1, 0.15) is 49.8 Å². The number of nitrogens with zero attached hydrogens (tertiary/aromatic N) is 3. The second-order valence-corrected chi connectivity index (χ2v) is 7.45. The molecule has 2 heterocycles. The molecule has 3 rings (SSSR count). The van der Waals surface area contributed by atoms with Crippen LogP contribution in [0.5, 0.6) is 0 Å². The highest BCUT2D eigenvalue weighted by atomic mass is 16.2. The molecule has 2 fully saturated rings. The number of pyridine rings is 1. The van der Waals surface area contributed by atoms with E-state index in [2.05, 4.69) is 4.98 Å². The summed E-state index contributed by atoms with van der Waals surface area (Å²) in [6, 6.07) is 3.90. The molecule has 25 heavy (non-hydrogen) atoms. The molecule has 0 bridgehead atoms. The molecule has 0 spiro atoms. The summed E-state index contributed by atoms with van der Waals surface area (Å²) in [6.07, 6.45) is 9.14. The minimum absolute atomic E-state index is 0.130. The van der Waals surface area contributed by atoms with Gasteiger partial charge in [0.2, 0.25) is 11.8 Å². The lowest BCUT2D eigenvalue weighted by Gasteiger charge is -2.35. The number of rotatable bonds is 4. The van der Waals surface area contributed by atoms with E-state index in [4.69, 9.17) is 0 Å². The van der Waals surface area contributed by atoms with E-state index in [1.165, 1.54) is 32.1 Å². The van der Waals surface area contributed by atoms with E-state index in [1.54, 1.807) is 6.20 Å². The van der Waals surface area contributed by atoms with Gasteiger partial charge >= 0.3 is 0 Å². The topological polar surface area (TPSA) is 53.5 Å². The third kappa shape index (κ3) is 5.03. The van der Waals surface area contributed by atoms with Crippen LogP contribution >= 0.6 is 0 Å². The lowest BCUT2D eigenvalue weighted by Crippen LogP contribution is -2.51. The molecular weight excluding hydrogens is 314 g/mol. The van der Waals surface area contributed by atoms with Crippen LogP contribution in [0.3, 0.4) is 0 Å². The minimum Gasteiger partial charge on any atom is -0.339 e. The standard InChI is InChI=1S/C20H29N3O2/c1-16-7-8-18(15-21-16)14-20(25)23-11-9-22(10-12-23)19(24)13-17-5-3-2-4-6-17/h7-8,15,17H,2-6,9-14H2,1H3. The summed E-state index contributed by atoms with van der Waals surface area (Å²) < 4.78 is 0. The van der Waals surface area contributed by atoms with Crippen molar-refractivity contribution in [2.24, 2.45) is 5.92 Å². The van der Waals surface area contributed by atoms with E-state index in [9.17, 15) is 9.59 Å². The third-order valence-corrected chi connectivity index (χ3v) is 5.50. The van der Waals surface area contributed by atoms with Gasteiger partial charge in [0.15, 0.2) is 0 Å². The van der Waals surface area contributed by atoms with E-state index in [0.29, 0.717) is 44.9 Å². The highest BCUT2D eigenvalue weighted by Gasteiger charge is 2.26. The zero-order valence-corrected chi connectivity index (χ0v) is 15.2. The van der Waals surface area contributed by atoms with Crippen LogP contribution in [0.25, 0.3) is 0 Å². The summed E-state index contributed by atoms with van der Waals surface area (Å²) in [7, 11) is 0. The number of aromatic nitrogens is 1. The van der Waals surface area contributed by atoms with Crippen LogP contribution in [0, 0.1) is 12.8 Å². The number of hydrogen-bond acceptors (Lipinski definition) is 3. The van der Waals surface area contributed by atoms with Gasteiger partial charge in [-0.15, -0.1) is 0 Å². The molecule has 1 aliphatic carbocycles. The van der Waals surface area contributed by atoms with E-state index in [1.807, 2.05) is 28.9 Å². The highest BCUT2D eigenvalue weighted by Crippen LogP contribution is 2.27. The van der Waals surface area contributed by atoms with Crippen molar-refractivity contribution in [3.63, 3.8) is 0 Å². The van der Waals surface area contributed by atoms with Gasteiger partial charge in [0.25, 0.3) is 0 Å². The Kier molecular flexibility index (Phi) is 6.05. The van der Waals surface area contributed by atoms with Crippen LogP contribution in [0.15, 0.2) is 18.3 Å². The smallest absolute Gasteiger partial charge is 0.227 e. The molecule has 0 atom stereocenters. The Balaban J connectivity index is 1.43. The maximum Gasteiger partial charge on any atom is 0.227 e. The number of carbonyl (C=O) groups excluding carboxylic acids is 2. The lowest BCUT2D eigenvalue weighted by molar-refractivity contribution is -0.139. The van der Waals surface area contributed by atoms with Crippen molar-refractivity contribution >= 4 is 11.8 Å². The maximum atomic E-state index is 12.5. The van der Waals surface area contributed by atoms with Crippen LogP contribution in [0.4, 0.5) is 0 Å². The van der Waals surface area contributed by atoms with Crippen molar-refractivity contribution in [3.8, 4) is 0 Å². The molecule has 1 aromatic heterocycles. The summed E-state index contributed by atoms with van der Waals surface area (Å²) in [5, 5.41) is 0. The van der Waals surface area contributed by atoms with Crippen molar-refractivity contribution in [2.75, 3.05) is 26.2 Å². The monoisotopic (exact) mass is 343 g/mol. The SMILES string of the molecule is Cc1ccc(CC(=O)N2CCN(C(=O)CC3CCCCC3)CC2)cn1.